The number of piperazine rings is 1. The van der Waals surface area contributed by atoms with Gasteiger partial charge < -0.3 is 9.47 Å². The Morgan fingerprint density at radius 3 is 2.58 bits per heavy atom. The average molecular weight is 355 g/mol. The van der Waals surface area contributed by atoms with Crippen molar-refractivity contribution in [2.24, 2.45) is 0 Å². The van der Waals surface area contributed by atoms with Crippen LogP contribution in [0.1, 0.15) is 27.2 Å². The normalized spacial score (nSPS) is 23.6. The summed E-state index contributed by atoms with van der Waals surface area (Å²) in [5.41, 5.74) is -0.450. The second-order valence-electron chi connectivity index (χ2n) is 7.23. The van der Waals surface area contributed by atoms with Crippen molar-refractivity contribution >= 4 is 17.7 Å². The largest absolute Gasteiger partial charge is 0.475 e. The van der Waals surface area contributed by atoms with Crippen molar-refractivity contribution in [3.8, 4) is 5.88 Å². The molecule has 2 unspecified atom stereocenters. The van der Waals surface area contributed by atoms with Gasteiger partial charge in [0, 0.05) is 25.7 Å². The zero-order valence-corrected chi connectivity index (χ0v) is 15.0. The van der Waals surface area contributed by atoms with E-state index in [2.05, 4.69) is 15.1 Å². The lowest BCUT2D eigenvalue weighted by atomic mass is 9.88. The predicted octanol–water partition coefficient (Wildman–Crippen LogP) is 2.20. The van der Waals surface area contributed by atoms with Crippen LogP contribution in [0.5, 0.6) is 5.88 Å². The van der Waals surface area contributed by atoms with E-state index in [-0.39, 0.29) is 18.2 Å². The van der Waals surface area contributed by atoms with Crippen molar-refractivity contribution < 1.29 is 14.3 Å². The number of rotatable bonds is 4. The Bertz CT molecular complexity index is 578. The molecular weight excluding hydrogens is 332 g/mol. The zero-order valence-electron chi connectivity index (χ0n) is 14.2. The van der Waals surface area contributed by atoms with Crippen molar-refractivity contribution in [2.75, 3.05) is 26.2 Å². The lowest BCUT2D eigenvalue weighted by Crippen LogP contribution is -2.70. The van der Waals surface area contributed by atoms with Crippen LogP contribution < -0.4 is 4.74 Å². The molecular formula is C16H23ClN4O3. The van der Waals surface area contributed by atoms with Crippen LogP contribution in [-0.4, -0.2) is 70.0 Å². The van der Waals surface area contributed by atoms with E-state index >= 15 is 0 Å². The summed E-state index contributed by atoms with van der Waals surface area (Å²) < 4.78 is 11.1. The molecule has 0 N–H and O–H groups in total. The van der Waals surface area contributed by atoms with Gasteiger partial charge in [0.2, 0.25) is 5.88 Å². The van der Waals surface area contributed by atoms with Crippen molar-refractivity contribution in [3.63, 3.8) is 0 Å². The molecule has 8 heteroatoms. The quantitative estimate of drug-likeness (QED) is 0.825. The fraction of sp³-hybridized carbons (Fsp3) is 0.688. The molecule has 0 radical (unpaired) electrons. The Kier molecular flexibility index (Phi) is 4.83. The Hall–Kier alpha value is -1.60. The number of halogens is 1. The highest BCUT2D eigenvalue weighted by Gasteiger charge is 2.48. The van der Waals surface area contributed by atoms with Gasteiger partial charge in [0.1, 0.15) is 12.2 Å². The van der Waals surface area contributed by atoms with Crippen LogP contribution in [0.2, 0.25) is 5.15 Å². The van der Waals surface area contributed by atoms with Crippen LogP contribution in [0.4, 0.5) is 4.79 Å². The molecule has 0 saturated carbocycles. The highest BCUT2D eigenvalue weighted by atomic mass is 35.5. The van der Waals surface area contributed by atoms with Crippen LogP contribution in [0.3, 0.4) is 0 Å². The van der Waals surface area contributed by atoms with Gasteiger partial charge in [-0.05, 0) is 33.3 Å². The molecule has 3 saturated heterocycles. The summed E-state index contributed by atoms with van der Waals surface area (Å²) >= 11 is 5.69. The Balaban J connectivity index is 1.42. The van der Waals surface area contributed by atoms with Crippen LogP contribution in [0, 0.1) is 0 Å². The first-order chi connectivity index (χ1) is 11.3. The highest BCUT2D eigenvalue weighted by molar-refractivity contribution is 6.29. The van der Waals surface area contributed by atoms with E-state index in [1.807, 2.05) is 25.7 Å². The summed E-state index contributed by atoms with van der Waals surface area (Å²) in [4.78, 5) is 16.4. The maximum absolute atomic E-state index is 12.2. The standard InChI is InChI=1S/C16H23ClN4O3/c1-16(2,3)24-15(22)21-11-8-12(21)10-20(9-11)6-7-23-14-5-4-13(17)18-19-14/h4-5,11-12H,6-10H2,1-3H3. The topological polar surface area (TPSA) is 67.8 Å². The number of carbonyl (C=O) groups is 1. The summed E-state index contributed by atoms with van der Waals surface area (Å²) in [6, 6.07) is 3.84. The van der Waals surface area contributed by atoms with Gasteiger partial charge in [-0.15, -0.1) is 10.2 Å². The smallest absolute Gasteiger partial charge is 0.410 e. The summed E-state index contributed by atoms with van der Waals surface area (Å²) in [6.07, 6.45) is 0.857. The van der Waals surface area contributed by atoms with E-state index in [9.17, 15) is 4.79 Å². The van der Waals surface area contributed by atoms with E-state index in [1.165, 1.54) is 0 Å². The molecule has 4 rings (SSSR count). The second-order valence-corrected chi connectivity index (χ2v) is 7.62. The van der Waals surface area contributed by atoms with Gasteiger partial charge in [-0.3, -0.25) is 9.80 Å². The third-order valence-electron chi connectivity index (χ3n) is 4.14. The maximum atomic E-state index is 12.2. The van der Waals surface area contributed by atoms with E-state index in [4.69, 9.17) is 21.1 Å². The minimum atomic E-state index is -0.450. The van der Waals surface area contributed by atoms with E-state index < -0.39 is 5.60 Å². The number of hydrogen-bond acceptors (Lipinski definition) is 6. The zero-order chi connectivity index (χ0) is 17.3. The Labute approximate surface area is 146 Å². The number of piperidine rings is 1. The van der Waals surface area contributed by atoms with Gasteiger partial charge >= 0.3 is 6.09 Å². The molecule has 24 heavy (non-hydrogen) atoms. The molecule has 3 aliphatic heterocycles. The van der Waals surface area contributed by atoms with Crippen LogP contribution >= 0.6 is 11.6 Å². The van der Waals surface area contributed by atoms with Crippen molar-refractivity contribution in [1.29, 1.82) is 0 Å². The molecule has 1 amide bonds. The molecule has 132 valence electrons. The van der Waals surface area contributed by atoms with Gasteiger partial charge in [0.05, 0.1) is 12.1 Å². The van der Waals surface area contributed by atoms with Gasteiger partial charge in [-0.25, -0.2) is 4.79 Å². The molecule has 1 aromatic heterocycles. The first-order valence-corrected chi connectivity index (χ1v) is 8.55. The van der Waals surface area contributed by atoms with E-state index in [0.29, 0.717) is 17.6 Å². The van der Waals surface area contributed by atoms with E-state index in [0.717, 1.165) is 26.1 Å². The lowest BCUT2D eigenvalue weighted by Gasteiger charge is -2.55. The minimum absolute atomic E-state index is 0.198. The minimum Gasteiger partial charge on any atom is -0.475 e. The monoisotopic (exact) mass is 354 g/mol. The van der Waals surface area contributed by atoms with Crippen LogP contribution in [0.25, 0.3) is 0 Å². The molecule has 2 bridgehead atoms. The molecule has 2 atom stereocenters. The number of fused-ring (bicyclic) bond motifs is 2. The maximum Gasteiger partial charge on any atom is 0.410 e. The average Bonchev–Trinajstić information content (AvgIpc) is 2.47. The first kappa shape index (κ1) is 17.2. The van der Waals surface area contributed by atoms with Gasteiger partial charge in [0.15, 0.2) is 5.15 Å². The van der Waals surface area contributed by atoms with Crippen LogP contribution in [-0.2, 0) is 4.74 Å². The summed E-state index contributed by atoms with van der Waals surface area (Å²) in [7, 11) is 0. The predicted molar refractivity (Wildman–Crippen MR) is 89.2 cm³/mol. The molecule has 1 aromatic rings. The van der Waals surface area contributed by atoms with E-state index in [1.54, 1.807) is 12.1 Å². The summed E-state index contributed by atoms with van der Waals surface area (Å²) in [5.74, 6) is 0.469. The number of ether oxygens (including phenoxy) is 2. The first-order valence-electron chi connectivity index (χ1n) is 8.17. The fourth-order valence-electron chi connectivity index (χ4n) is 3.15. The molecule has 0 spiro atoms. The number of amides is 1. The summed E-state index contributed by atoms with van der Waals surface area (Å²) in [6.45, 7) is 8.70. The number of aromatic nitrogens is 2. The Morgan fingerprint density at radius 1 is 1.29 bits per heavy atom. The van der Waals surface area contributed by atoms with Gasteiger partial charge in [-0.1, -0.05) is 11.6 Å². The van der Waals surface area contributed by atoms with Crippen molar-refractivity contribution in [3.05, 3.63) is 17.3 Å². The third-order valence-corrected chi connectivity index (χ3v) is 4.34. The van der Waals surface area contributed by atoms with Gasteiger partial charge in [0.25, 0.3) is 0 Å². The van der Waals surface area contributed by atoms with Crippen molar-refractivity contribution in [2.45, 2.75) is 44.9 Å². The molecule has 0 aromatic carbocycles. The molecule has 3 aliphatic rings. The third kappa shape index (κ3) is 4.08. The molecule has 3 fully saturated rings. The lowest BCUT2D eigenvalue weighted by molar-refractivity contribution is -0.0777. The van der Waals surface area contributed by atoms with Crippen LogP contribution in [0.15, 0.2) is 12.1 Å². The fourth-order valence-corrected chi connectivity index (χ4v) is 3.25. The number of carbonyl (C=O) groups excluding carboxylic acids is 1. The molecule has 0 aliphatic carbocycles. The Morgan fingerprint density at radius 2 is 2.00 bits per heavy atom. The highest BCUT2D eigenvalue weighted by Crippen LogP contribution is 2.33. The number of nitrogens with zero attached hydrogens (tertiary/aromatic N) is 4. The summed E-state index contributed by atoms with van der Waals surface area (Å²) in [5, 5.41) is 7.95. The van der Waals surface area contributed by atoms with Crippen molar-refractivity contribution in [1.82, 2.24) is 20.0 Å². The molecule has 4 heterocycles. The number of hydrogen-bond donors (Lipinski definition) is 0. The second kappa shape index (κ2) is 6.72. The van der Waals surface area contributed by atoms with Gasteiger partial charge in [-0.2, -0.15) is 0 Å². The molecule has 7 nitrogen and oxygen atoms in total. The SMILES string of the molecule is CC(C)(C)OC(=O)N1C2CC1CN(CCOc1ccc(Cl)nn1)C2.